The Morgan fingerprint density at radius 3 is 2.60 bits per heavy atom. The van der Waals surface area contributed by atoms with Gasteiger partial charge in [0.2, 0.25) is 0 Å². The standard InChI is InChI=1S/C36H29BrN2O/c37-33-21-24(15-20-35(33)40-23-27-9-5-8-25-7-1-2-10-29(25)27)22-38-28-18-16-26(17-19-28)36-32-13-6-12-30(32)31-11-3-4-14-34(31)39-36/h1-12,14-22,30,32,36,39H,13,23H2/t30-,32-,36-/m0/s1. The van der Waals surface area contributed by atoms with E-state index in [1.54, 1.807) is 0 Å². The summed E-state index contributed by atoms with van der Waals surface area (Å²) >= 11 is 3.69. The molecule has 1 aliphatic heterocycles. The highest BCUT2D eigenvalue weighted by Gasteiger charge is 2.37. The first kappa shape index (κ1) is 24.9. The van der Waals surface area contributed by atoms with Crippen LogP contribution >= 0.6 is 15.9 Å². The van der Waals surface area contributed by atoms with Gasteiger partial charge in [-0.25, -0.2) is 0 Å². The Morgan fingerprint density at radius 1 is 0.875 bits per heavy atom. The van der Waals surface area contributed by atoms with Crippen molar-refractivity contribution < 1.29 is 4.74 Å². The molecular weight excluding hydrogens is 556 g/mol. The van der Waals surface area contributed by atoms with Gasteiger partial charge in [0.15, 0.2) is 0 Å². The molecule has 0 bridgehead atoms. The predicted octanol–water partition coefficient (Wildman–Crippen LogP) is 9.76. The molecule has 0 radical (unpaired) electrons. The molecule has 1 N–H and O–H groups in total. The summed E-state index contributed by atoms with van der Waals surface area (Å²) < 4.78 is 7.08. The SMILES string of the molecule is Brc1cc(C=Nc2ccc([C@@H]3Nc4ccccc4[C@@H]4C=CC[C@@H]43)cc2)ccc1OCc1cccc2ccccc12. The number of nitrogens with one attached hydrogen (secondary N) is 1. The molecule has 0 aromatic heterocycles. The number of aliphatic imine (C=N–C) groups is 1. The van der Waals surface area contributed by atoms with Gasteiger partial charge in [0, 0.05) is 17.8 Å². The van der Waals surface area contributed by atoms with E-state index in [2.05, 4.69) is 124 Å². The molecule has 4 heteroatoms. The molecule has 0 saturated heterocycles. The Morgan fingerprint density at radius 2 is 1.70 bits per heavy atom. The number of anilines is 1. The molecule has 2 aliphatic rings. The van der Waals surface area contributed by atoms with Crippen molar-refractivity contribution in [2.75, 3.05) is 5.32 Å². The zero-order valence-corrected chi connectivity index (χ0v) is 23.6. The number of hydrogen-bond acceptors (Lipinski definition) is 3. The third-order valence-corrected chi connectivity index (χ3v) is 8.73. The Hall–Kier alpha value is -4.15. The van der Waals surface area contributed by atoms with Crippen LogP contribution in [0.5, 0.6) is 5.75 Å². The quantitative estimate of drug-likeness (QED) is 0.159. The topological polar surface area (TPSA) is 33.6 Å². The van der Waals surface area contributed by atoms with Gasteiger partial charge < -0.3 is 10.1 Å². The van der Waals surface area contributed by atoms with E-state index in [9.17, 15) is 0 Å². The highest BCUT2D eigenvalue weighted by atomic mass is 79.9. The molecule has 5 aromatic rings. The lowest BCUT2D eigenvalue weighted by Crippen LogP contribution is -2.28. The van der Waals surface area contributed by atoms with Gasteiger partial charge >= 0.3 is 0 Å². The maximum atomic E-state index is 6.17. The Labute approximate surface area is 243 Å². The number of ether oxygens (including phenoxy) is 1. The number of para-hydroxylation sites is 1. The number of benzene rings is 5. The minimum absolute atomic E-state index is 0.297. The summed E-state index contributed by atoms with van der Waals surface area (Å²) in [6.07, 6.45) is 7.73. The third-order valence-electron chi connectivity index (χ3n) is 8.11. The lowest BCUT2D eigenvalue weighted by atomic mass is 9.77. The highest BCUT2D eigenvalue weighted by Crippen LogP contribution is 2.49. The fourth-order valence-electron chi connectivity index (χ4n) is 6.08. The summed E-state index contributed by atoms with van der Waals surface area (Å²) in [6.45, 7) is 0.513. The van der Waals surface area contributed by atoms with Crippen LogP contribution in [-0.2, 0) is 6.61 Å². The van der Waals surface area contributed by atoms with Gasteiger partial charge in [-0.2, -0.15) is 0 Å². The van der Waals surface area contributed by atoms with Crippen LogP contribution in [0.25, 0.3) is 10.8 Å². The van der Waals surface area contributed by atoms with Crippen molar-refractivity contribution in [3.05, 3.63) is 148 Å². The van der Waals surface area contributed by atoms with Crippen LogP contribution in [0.4, 0.5) is 11.4 Å². The molecule has 1 aliphatic carbocycles. The normalized spacial score (nSPS) is 19.4. The molecule has 0 spiro atoms. The fourth-order valence-corrected chi connectivity index (χ4v) is 6.59. The van der Waals surface area contributed by atoms with E-state index in [-0.39, 0.29) is 0 Å². The summed E-state index contributed by atoms with van der Waals surface area (Å²) in [5.41, 5.74) is 7.09. The number of nitrogens with zero attached hydrogens (tertiary/aromatic N) is 1. The smallest absolute Gasteiger partial charge is 0.134 e. The van der Waals surface area contributed by atoms with Crippen molar-refractivity contribution in [1.82, 2.24) is 0 Å². The number of rotatable bonds is 6. The van der Waals surface area contributed by atoms with Gasteiger partial charge in [0.25, 0.3) is 0 Å². The van der Waals surface area contributed by atoms with Crippen LogP contribution in [0.1, 0.15) is 40.6 Å². The van der Waals surface area contributed by atoms with Crippen LogP contribution in [-0.4, -0.2) is 6.21 Å². The lowest BCUT2D eigenvalue weighted by molar-refractivity contribution is 0.305. The molecule has 3 atom stereocenters. The Balaban J connectivity index is 1.03. The van der Waals surface area contributed by atoms with E-state index >= 15 is 0 Å². The maximum Gasteiger partial charge on any atom is 0.134 e. The largest absolute Gasteiger partial charge is 0.488 e. The summed E-state index contributed by atoms with van der Waals surface area (Å²) in [5.74, 6) is 1.84. The highest BCUT2D eigenvalue weighted by molar-refractivity contribution is 9.10. The molecule has 196 valence electrons. The van der Waals surface area contributed by atoms with E-state index in [0.29, 0.717) is 24.5 Å². The molecule has 0 unspecified atom stereocenters. The number of halogens is 1. The lowest BCUT2D eigenvalue weighted by Gasteiger charge is -2.37. The molecule has 0 amide bonds. The monoisotopic (exact) mass is 584 g/mol. The average Bonchev–Trinajstić information content (AvgIpc) is 3.50. The molecule has 40 heavy (non-hydrogen) atoms. The summed E-state index contributed by atoms with van der Waals surface area (Å²) in [4.78, 5) is 4.74. The zero-order valence-electron chi connectivity index (χ0n) is 22.0. The number of allylic oxidation sites excluding steroid dienone is 2. The van der Waals surface area contributed by atoms with Crippen LogP contribution in [0.15, 0.2) is 131 Å². The zero-order chi connectivity index (χ0) is 26.9. The molecule has 0 fully saturated rings. The molecule has 3 nitrogen and oxygen atoms in total. The van der Waals surface area contributed by atoms with Crippen molar-refractivity contribution >= 4 is 44.3 Å². The number of fused-ring (bicyclic) bond motifs is 4. The number of hydrogen-bond donors (Lipinski definition) is 1. The third kappa shape index (κ3) is 4.84. The van der Waals surface area contributed by atoms with Gasteiger partial charge in [-0.05, 0) is 97.7 Å². The maximum absolute atomic E-state index is 6.17. The van der Waals surface area contributed by atoms with Gasteiger partial charge in [0.1, 0.15) is 12.4 Å². The molecule has 1 heterocycles. The van der Waals surface area contributed by atoms with Gasteiger partial charge in [0.05, 0.1) is 16.2 Å². The predicted molar refractivity (Wildman–Crippen MR) is 169 cm³/mol. The van der Waals surface area contributed by atoms with Crippen molar-refractivity contribution in [3.8, 4) is 5.75 Å². The minimum atomic E-state index is 0.297. The first-order chi connectivity index (χ1) is 19.7. The van der Waals surface area contributed by atoms with Crippen LogP contribution in [0, 0.1) is 5.92 Å². The van der Waals surface area contributed by atoms with E-state index in [0.717, 1.165) is 27.9 Å². The molecule has 5 aromatic carbocycles. The second-order valence-electron chi connectivity index (χ2n) is 10.5. The fraction of sp³-hybridized carbons (Fsp3) is 0.139. The van der Waals surface area contributed by atoms with Gasteiger partial charge in [-0.15, -0.1) is 0 Å². The van der Waals surface area contributed by atoms with Crippen LogP contribution < -0.4 is 10.1 Å². The summed E-state index contributed by atoms with van der Waals surface area (Å²) in [6, 6.07) is 38.5. The summed E-state index contributed by atoms with van der Waals surface area (Å²) in [7, 11) is 0. The van der Waals surface area contributed by atoms with E-state index in [1.165, 1.54) is 33.2 Å². The Kier molecular flexibility index (Phi) is 6.70. The van der Waals surface area contributed by atoms with E-state index in [4.69, 9.17) is 9.73 Å². The first-order valence-corrected chi connectivity index (χ1v) is 14.6. The Bertz CT molecular complexity index is 1740. The van der Waals surface area contributed by atoms with Gasteiger partial charge in [-0.1, -0.05) is 84.9 Å². The van der Waals surface area contributed by atoms with E-state index < -0.39 is 0 Å². The van der Waals surface area contributed by atoms with Gasteiger partial charge in [-0.3, -0.25) is 4.99 Å². The molecule has 7 rings (SSSR count). The molecule has 0 saturated carbocycles. The van der Waals surface area contributed by atoms with Crippen molar-refractivity contribution in [1.29, 1.82) is 0 Å². The van der Waals surface area contributed by atoms with Crippen molar-refractivity contribution in [2.45, 2.75) is 25.0 Å². The van der Waals surface area contributed by atoms with Crippen LogP contribution in [0.2, 0.25) is 0 Å². The second kappa shape index (κ2) is 10.8. The summed E-state index contributed by atoms with van der Waals surface area (Å²) in [5, 5.41) is 6.25. The van der Waals surface area contributed by atoms with Crippen LogP contribution in [0.3, 0.4) is 0 Å². The van der Waals surface area contributed by atoms with Crippen molar-refractivity contribution in [3.63, 3.8) is 0 Å². The average molecular weight is 586 g/mol. The van der Waals surface area contributed by atoms with Crippen molar-refractivity contribution in [2.24, 2.45) is 10.9 Å². The van der Waals surface area contributed by atoms with E-state index in [1.807, 2.05) is 24.4 Å². The molecular formula is C36H29BrN2O. The minimum Gasteiger partial charge on any atom is -0.488 e. The second-order valence-corrected chi connectivity index (χ2v) is 11.4. The first-order valence-electron chi connectivity index (χ1n) is 13.8.